The van der Waals surface area contributed by atoms with Gasteiger partial charge in [-0.1, -0.05) is 6.07 Å². The summed E-state index contributed by atoms with van der Waals surface area (Å²) >= 11 is 0. The first-order chi connectivity index (χ1) is 10.4. The number of Topliss-reactive ketones (excluding diaryl/α,β-unsaturated/α-hetero) is 1. The highest BCUT2D eigenvalue weighted by molar-refractivity contribution is 5.88. The number of hydrogen-bond donors (Lipinski definition) is 7. The molecule has 8 heteroatoms. The van der Waals surface area contributed by atoms with E-state index in [-0.39, 0.29) is 18.0 Å². The summed E-state index contributed by atoms with van der Waals surface area (Å²) in [5.41, 5.74) is 0.533. The summed E-state index contributed by atoms with van der Waals surface area (Å²) < 4.78 is 0. The number of benzene rings is 1. The Balaban J connectivity index is 2.55. The minimum Gasteiger partial charge on any atom is -0.508 e. The van der Waals surface area contributed by atoms with Gasteiger partial charge in [0.2, 0.25) is 0 Å². The van der Waals surface area contributed by atoms with Crippen LogP contribution in [0.1, 0.15) is 5.56 Å². The van der Waals surface area contributed by atoms with Crippen LogP contribution in [-0.2, 0) is 11.2 Å². The molecule has 0 spiro atoms. The maximum Gasteiger partial charge on any atom is 0.183 e. The molecule has 0 aliphatic carbocycles. The first kappa shape index (κ1) is 18.3. The smallest absolute Gasteiger partial charge is 0.183 e. The molecule has 0 saturated heterocycles. The van der Waals surface area contributed by atoms with E-state index in [1.165, 1.54) is 18.2 Å². The van der Waals surface area contributed by atoms with Crippen molar-refractivity contribution in [3.63, 3.8) is 0 Å². The highest BCUT2D eigenvalue weighted by atomic mass is 16.4. The van der Waals surface area contributed by atoms with Crippen LogP contribution in [0.5, 0.6) is 11.5 Å². The number of carbonyl (C=O) groups is 1. The Labute approximate surface area is 127 Å². The van der Waals surface area contributed by atoms with E-state index < -0.39 is 37.2 Å². The predicted octanol–water partition coefficient (Wildman–Crippen LogP) is -2.13. The van der Waals surface area contributed by atoms with Crippen molar-refractivity contribution in [2.45, 2.75) is 24.7 Å². The molecule has 0 aliphatic rings. The zero-order valence-electron chi connectivity index (χ0n) is 11.9. The van der Waals surface area contributed by atoms with Crippen LogP contribution in [0.2, 0.25) is 0 Å². The Morgan fingerprint density at radius 3 is 2.36 bits per heavy atom. The first-order valence-electron chi connectivity index (χ1n) is 6.76. The van der Waals surface area contributed by atoms with Gasteiger partial charge in [0.25, 0.3) is 0 Å². The third kappa shape index (κ3) is 4.93. The summed E-state index contributed by atoms with van der Waals surface area (Å²) in [6, 6.07) is 3.01. The van der Waals surface area contributed by atoms with Gasteiger partial charge in [-0.2, -0.15) is 0 Å². The number of ketones is 1. The summed E-state index contributed by atoms with van der Waals surface area (Å²) in [7, 11) is 0. The zero-order valence-corrected chi connectivity index (χ0v) is 11.9. The van der Waals surface area contributed by atoms with Gasteiger partial charge in [0.05, 0.1) is 19.3 Å². The van der Waals surface area contributed by atoms with Crippen LogP contribution >= 0.6 is 0 Å². The van der Waals surface area contributed by atoms with Gasteiger partial charge in [-0.3, -0.25) is 4.79 Å². The Hall–Kier alpha value is -1.71. The molecule has 0 aliphatic heterocycles. The van der Waals surface area contributed by atoms with Crippen LogP contribution in [-0.4, -0.2) is 74.4 Å². The van der Waals surface area contributed by atoms with Crippen molar-refractivity contribution in [3.8, 4) is 11.5 Å². The molecule has 1 aromatic carbocycles. The minimum atomic E-state index is -1.79. The second kappa shape index (κ2) is 8.66. The zero-order chi connectivity index (χ0) is 16.7. The van der Waals surface area contributed by atoms with Gasteiger partial charge >= 0.3 is 0 Å². The van der Waals surface area contributed by atoms with E-state index in [9.17, 15) is 25.2 Å². The van der Waals surface area contributed by atoms with Crippen LogP contribution in [0, 0.1) is 0 Å². The molecule has 1 aromatic rings. The second-order valence-electron chi connectivity index (χ2n) is 4.85. The SMILES string of the molecule is O=C([C@H](CO)NCCc1ccc(O)cc1O)[C@H](O)[C@H](O)CO. The number of nitrogens with one attached hydrogen (secondary N) is 1. The highest BCUT2D eigenvalue weighted by Crippen LogP contribution is 2.22. The molecular weight excluding hydrogens is 294 g/mol. The number of hydrogen-bond acceptors (Lipinski definition) is 8. The largest absolute Gasteiger partial charge is 0.508 e. The fourth-order valence-electron chi connectivity index (χ4n) is 1.90. The molecule has 8 nitrogen and oxygen atoms in total. The molecule has 22 heavy (non-hydrogen) atoms. The van der Waals surface area contributed by atoms with Crippen molar-refractivity contribution in [2.75, 3.05) is 19.8 Å². The van der Waals surface area contributed by atoms with Crippen molar-refractivity contribution in [1.82, 2.24) is 5.32 Å². The Morgan fingerprint density at radius 1 is 1.14 bits per heavy atom. The van der Waals surface area contributed by atoms with Gasteiger partial charge in [0.15, 0.2) is 5.78 Å². The summed E-state index contributed by atoms with van der Waals surface area (Å²) in [5.74, 6) is -0.998. The van der Waals surface area contributed by atoms with Crippen molar-refractivity contribution >= 4 is 5.78 Å². The molecule has 0 saturated carbocycles. The van der Waals surface area contributed by atoms with Crippen molar-refractivity contribution in [1.29, 1.82) is 0 Å². The first-order valence-corrected chi connectivity index (χ1v) is 6.76. The Bertz CT molecular complexity index is 494. The number of phenols is 2. The number of phenolic OH excluding ortho intramolecular Hbond substituents is 2. The molecule has 0 heterocycles. The lowest BCUT2D eigenvalue weighted by Gasteiger charge is -2.21. The topological polar surface area (TPSA) is 150 Å². The summed E-state index contributed by atoms with van der Waals surface area (Å²) in [6.07, 6.45) is -3.09. The van der Waals surface area contributed by atoms with Gasteiger partial charge in [-0.05, 0) is 18.1 Å². The third-order valence-corrected chi connectivity index (χ3v) is 3.22. The van der Waals surface area contributed by atoms with Crippen molar-refractivity contribution in [3.05, 3.63) is 23.8 Å². The maximum atomic E-state index is 11.8. The maximum absolute atomic E-state index is 11.8. The van der Waals surface area contributed by atoms with E-state index in [1.54, 1.807) is 0 Å². The third-order valence-electron chi connectivity index (χ3n) is 3.22. The van der Waals surface area contributed by atoms with Crippen LogP contribution < -0.4 is 5.32 Å². The lowest BCUT2D eigenvalue weighted by molar-refractivity contribution is -0.137. The van der Waals surface area contributed by atoms with E-state index in [0.717, 1.165) is 0 Å². The molecule has 1 rings (SSSR count). The predicted molar refractivity (Wildman–Crippen MR) is 76.5 cm³/mol. The highest BCUT2D eigenvalue weighted by Gasteiger charge is 2.29. The van der Waals surface area contributed by atoms with Crippen molar-refractivity contribution < 1.29 is 35.4 Å². The Morgan fingerprint density at radius 2 is 1.82 bits per heavy atom. The molecule has 124 valence electrons. The fourth-order valence-corrected chi connectivity index (χ4v) is 1.90. The summed E-state index contributed by atoms with van der Waals surface area (Å²) in [6.45, 7) is -1.15. The molecule has 0 fully saturated rings. The van der Waals surface area contributed by atoms with Crippen LogP contribution in [0.15, 0.2) is 18.2 Å². The van der Waals surface area contributed by atoms with Gasteiger partial charge in [-0.15, -0.1) is 0 Å². The summed E-state index contributed by atoms with van der Waals surface area (Å²) in [4.78, 5) is 11.8. The standard InChI is InChI=1S/C14H21NO7/c16-6-10(13(21)14(22)12(20)7-17)15-4-3-8-1-2-9(18)5-11(8)19/h1-2,5,10,12,14-20,22H,3-4,6-7H2/t10-,12+,14+/m0/s1. The van der Waals surface area contributed by atoms with Gasteiger partial charge in [0, 0.05) is 12.6 Å². The summed E-state index contributed by atoms with van der Waals surface area (Å²) in [5, 5.41) is 58.1. The lowest BCUT2D eigenvalue weighted by atomic mass is 10.0. The quantitative estimate of drug-likeness (QED) is 0.273. The number of aliphatic hydroxyl groups excluding tert-OH is 4. The monoisotopic (exact) mass is 315 g/mol. The van der Waals surface area contributed by atoms with Crippen molar-refractivity contribution in [2.24, 2.45) is 0 Å². The number of carbonyl (C=O) groups excluding carboxylic acids is 1. The van der Waals surface area contributed by atoms with E-state index in [2.05, 4.69) is 5.32 Å². The van der Waals surface area contributed by atoms with Crippen LogP contribution in [0.3, 0.4) is 0 Å². The number of rotatable bonds is 9. The average Bonchev–Trinajstić information content (AvgIpc) is 2.51. The minimum absolute atomic E-state index is 0.0706. The molecule has 0 radical (unpaired) electrons. The van der Waals surface area contributed by atoms with Crippen LogP contribution in [0.4, 0.5) is 0 Å². The average molecular weight is 315 g/mol. The van der Waals surface area contributed by atoms with E-state index in [4.69, 9.17) is 10.2 Å². The molecule has 0 aromatic heterocycles. The van der Waals surface area contributed by atoms with E-state index in [1.807, 2.05) is 0 Å². The van der Waals surface area contributed by atoms with Gasteiger partial charge in [-0.25, -0.2) is 0 Å². The molecule has 0 bridgehead atoms. The molecule has 0 unspecified atom stereocenters. The normalized spacial score (nSPS) is 15.3. The number of aliphatic hydroxyl groups is 4. The van der Waals surface area contributed by atoms with E-state index in [0.29, 0.717) is 12.0 Å². The van der Waals surface area contributed by atoms with Gasteiger partial charge < -0.3 is 36.0 Å². The molecular formula is C14H21NO7. The number of aromatic hydroxyl groups is 2. The molecule has 3 atom stereocenters. The van der Waals surface area contributed by atoms with E-state index >= 15 is 0 Å². The molecule has 0 amide bonds. The lowest BCUT2D eigenvalue weighted by Crippen LogP contribution is -2.50. The van der Waals surface area contributed by atoms with Crippen LogP contribution in [0.25, 0.3) is 0 Å². The second-order valence-corrected chi connectivity index (χ2v) is 4.85. The van der Waals surface area contributed by atoms with Gasteiger partial charge in [0.1, 0.15) is 23.7 Å². The Kier molecular flexibility index (Phi) is 7.22. The fraction of sp³-hybridized carbons (Fsp3) is 0.500. The molecule has 7 N–H and O–H groups in total.